The van der Waals surface area contributed by atoms with Gasteiger partial charge in [0.1, 0.15) is 17.2 Å². The van der Waals surface area contributed by atoms with Crippen molar-refractivity contribution in [1.29, 1.82) is 0 Å². The SMILES string of the molecule is O=C(NCc1nnnn1C1CCCCC1)c1c(F)cccc1F. The van der Waals surface area contributed by atoms with E-state index in [1.807, 2.05) is 0 Å². The van der Waals surface area contributed by atoms with Gasteiger partial charge in [0.15, 0.2) is 5.82 Å². The summed E-state index contributed by atoms with van der Waals surface area (Å²) in [6, 6.07) is 3.52. The van der Waals surface area contributed by atoms with Crippen LogP contribution in [0.15, 0.2) is 18.2 Å². The third-order valence-electron chi connectivity index (χ3n) is 4.08. The number of halogens is 2. The summed E-state index contributed by atoms with van der Waals surface area (Å²) in [6.45, 7) is 0.0239. The molecule has 1 aliphatic rings. The largest absolute Gasteiger partial charge is 0.344 e. The minimum absolute atomic E-state index is 0.0239. The van der Waals surface area contributed by atoms with Crippen LogP contribution in [0.5, 0.6) is 0 Å². The lowest BCUT2D eigenvalue weighted by Crippen LogP contribution is -2.28. The van der Waals surface area contributed by atoms with Crippen molar-refractivity contribution in [3.05, 3.63) is 41.2 Å². The Labute approximate surface area is 131 Å². The molecule has 0 radical (unpaired) electrons. The Morgan fingerprint density at radius 3 is 2.61 bits per heavy atom. The molecule has 3 rings (SSSR count). The van der Waals surface area contributed by atoms with Gasteiger partial charge < -0.3 is 5.32 Å². The molecular weight excluding hydrogens is 304 g/mol. The number of nitrogens with zero attached hydrogens (tertiary/aromatic N) is 4. The van der Waals surface area contributed by atoms with Crippen molar-refractivity contribution in [2.45, 2.75) is 44.7 Å². The maximum atomic E-state index is 13.6. The molecule has 0 spiro atoms. The molecule has 0 unspecified atom stereocenters. The van der Waals surface area contributed by atoms with Crippen LogP contribution in [0.1, 0.15) is 54.3 Å². The van der Waals surface area contributed by atoms with Crippen LogP contribution in [0, 0.1) is 11.6 Å². The van der Waals surface area contributed by atoms with Crippen LogP contribution in [-0.4, -0.2) is 26.1 Å². The number of aromatic nitrogens is 4. The molecule has 6 nitrogen and oxygen atoms in total. The molecule has 0 saturated heterocycles. The van der Waals surface area contributed by atoms with E-state index in [0.717, 1.165) is 37.8 Å². The van der Waals surface area contributed by atoms with Gasteiger partial charge in [-0.2, -0.15) is 0 Å². The highest BCUT2D eigenvalue weighted by atomic mass is 19.1. The molecule has 23 heavy (non-hydrogen) atoms. The first-order chi connectivity index (χ1) is 11.2. The van der Waals surface area contributed by atoms with Crippen LogP contribution in [0.25, 0.3) is 0 Å². The van der Waals surface area contributed by atoms with E-state index in [0.29, 0.717) is 5.82 Å². The minimum atomic E-state index is -0.894. The van der Waals surface area contributed by atoms with E-state index in [1.165, 1.54) is 12.5 Å². The van der Waals surface area contributed by atoms with E-state index in [9.17, 15) is 13.6 Å². The molecule has 2 aromatic rings. The van der Waals surface area contributed by atoms with Gasteiger partial charge in [0.2, 0.25) is 0 Å². The van der Waals surface area contributed by atoms with Gasteiger partial charge in [0.25, 0.3) is 5.91 Å². The second kappa shape index (κ2) is 6.80. The van der Waals surface area contributed by atoms with Crippen molar-refractivity contribution in [3.63, 3.8) is 0 Å². The molecule has 0 aliphatic heterocycles. The van der Waals surface area contributed by atoms with Crippen LogP contribution in [0.4, 0.5) is 8.78 Å². The zero-order valence-corrected chi connectivity index (χ0v) is 12.5. The van der Waals surface area contributed by atoms with Crippen molar-refractivity contribution >= 4 is 5.91 Å². The maximum absolute atomic E-state index is 13.6. The van der Waals surface area contributed by atoms with Crippen LogP contribution in [0.2, 0.25) is 0 Å². The number of hydrogen-bond donors (Lipinski definition) is 1. The van der Waals surface area contributed by atoms with E-state index in [-0.39, 0.29) is 12.6 Å². The van der Waals surface area contributed by atoms with Gasteiger partial charge in [-0.25, -0.2) is 13.5 Å². The normalized spacial score (nSPS) is 15.6. The molecule has 1 heterocycles. The fourth-order valence-corrected chi connectivity index (χ4v) is 2.90. The average Bonchev–Trinajstić information content (AvgIpc) is 3.02. The van der Waals surface area contributed by atoms with Gasteiger partial charge in [-0.05, 0) is 35.4 Å². The zero-order valence-electron chi connectivity index (χ0n) is 12.5. The Kier molecular flexibility index (Phi) is 4.59. The number of rotatable bonds is 4. The Morgan fingerprint density at radius 1 is 1.22 bits per heavy atom. The molecule has 1 aromatic carbocycles. The van der Waals surface area contributed by atoms with Crippen LogP contribution < -0.4 is 5.32 Å². The number of tetrazole rings is 1. The molecule has 8 heteroatoms. The number of nitrogens with one attached hydrogen (secondary N) is 1. The summed E-state index contributed by atoms with van der Waals surface area (Å²) in [4.78, 5) is 12.0. The van der Waals surface area contributed by atoms with E-state index < -0.39 is 23.1 Å². The van der Waals surface area contributed by atoms with E-state index >= 15 is 0 Å². The lowest BCUT2D eigenvalue weighted by molar-refractivity contribution is 0.0940. The second-order valence-electron chi connectivity index (χ2n) is 5.61. The topological polar surface area (TPSA) is 72.7 Å². The summed E-state index contributed by atoms with van der Waals surface area (Å²) in [7, 11) is 0. The standard InChI is InChI=1S/C15H17F2N5O/c16-11-7-4-8-12(17)14(11)15(23)18-9-13-19-20-21-22(13)10-5-2-1-3-6-10/h4,7-8,10H,1-3,5-6,9H2,(H,18,23). The summed E-state index contributed by atoms with van der Waals surface area (Å²) in [5, 5.41) is 14.0. The number of benzene rings is 1. The van der Waals surface area contributed by atoms with Crippen LogP contribution in [-0.2, 0) is 6.54 Å². The molecule has 1 fully saturated rings. The average molecular weight is 321 g/mol. The van der Waals surface area contributed by atoms with Crippen LogP contribution >= 0.6 is 0 Å². The predicted octanol–water partition coefficient (Wildman–Crippen LogP) is 2.39. The van der Waals surface area contributed by atoms with Gasteiger partial charge in [-0.1, -0.05) is 25.3 Å². The van der Waals surface area contributed by atoms with Crippen molar-refractivity contribution in [1.82, 2.24) is 25.5 Å². The monoisotopic (exact) mass is 321 g/mol. The summed E-state index contributed by atoms with van der Waals surface area (Å²) in [5.74, 6) is -2.12. The first kappa shape index (κ1) is 15.5. The van der Waals surface area contributed by atoms with Gasteiger partial charge in [-0.3, -0.25) is 4.79 Å². The van der Waals surface area contributed by atoms with Crippen molar-refractivity contribution < 1.29 is 13.6 Å². The van der Waals surface area contributed by atoms with Gasteiger partial charge >= 0.3 is 0 Å². The molecule has 1 saturated carbocycles. The summed E-state index contributed by atoms with van der Waals surface area (Å²) in [6.07, 6.45) is 5.44. The van der Waals surface area contributed by atoms with Crippen molar-refractivity contribution in [2.75, 3.05) is 0 Å². The van der Waals surface area contributed by atoms with Crippen molar-refractivity contribution in [3.8, 4) is 0 Å². The highest BCUT2D eigenvalue weighted by molar-refractivity contribution is 5.94. The lowest BCUT2D eigenvalue weighted by Gasteiger charge is -2.22. The fraction of sp³-hybridized carbons (Fsp3) is 0.467. The number of carbonyl (C=O) groups excluding carboxylic acids is 1. The summed E-state index contributed by atoms with van der Waals surface area (Å²) in [5.41, 5.74) is -0.593. The highest BCUT2D eigenvalue weighted by Gasteiger charge is 2.21. The molecule has 122 valence electrons. The maximum Gasteiger partial charge on any atom is 0.257 e. The first-order valence-corrected chi connectivity index (χ1v) is 7.66. The fourth-order valence-electron chi connectivity index (χ4n) is 2.90. The smallest absolute Gasteiger partial charge is 0.257 e. The molecule has 1 aromatic heterocycles. The minimum Gasteiger partial charge on any atom is -0.344 e. The van der Waals surface area contributed by atoms with Gasteiger partial charge in [-0.15, -0.1) is 5.10 Å². The molecule has 1 amide bonds. The Balaban J connectivity index is 1.69. The predicted molar refractivity (Wildman–Crippen MR) is 77.5 cm³/mol. The van der Waals surface area contributed by atoms with Crippen molar-refractivity contribution in [2.24, 2.45) is 0 Å². The highest BCUT2D eigenvalue weighted by Crippen LogP contribution is 2.27. The molecule has 0 atom stereocenters. The summed E-state index contributed by atoms with van der Waals surface area (Å²) < 4.78 is 28.9. The molecular formula is C15H17F2N5O. The van der Waals surface area contributed by atoms with E-state index in [1.54, 1.807) is 4.68 Å². The molecule has 0 bridgehead atoms. The van der Waals surface area contributed by atoms with E-state index in [2.05, 4.69) is 20.8 Å². The van der Waals surface area contributed by atoms with Gasteiger partial charge in [0.05, 0.1) is 12.6 Å². The van der Waals surface area contributed by atoms with E-state index in [4.69, 9.17) is 0 Å². The lowest BCUT2D eigenvalue weighted by atomic mass is 9.95. The third-order valence-corrected chi connectivity index (χ3v) is 4.08. The first-order valence-electron chi connectivity index (χ1n) is 7.66. The zero-order chi connectivity index (χ0) is 16.2. The number of carbonyl (C=O) groups is 1. The van der Waals surface area contributed by atoms with Gasteiger partial charge in [0, 0.05) is 0 Å². The molecule has 1 N–H and O–H groups in total. The number of hydrogen-bond acceptors (Lipinski definition) is 4. The summed E-state index contributed by atoms with van der Waals surface area (Å²) >= 11 is 0. The molecule has 1 aliphatic carbocycles. The second-order valence-corrected chi connectivity index (χ2v) is 5.61. The quantitative estimate of drug-likeness (QED) is 0.938. The Morgan fingerprint density at radius 2 is 1.91 bits per heavy atom. The third kappa shape index (κ3) is 3.35. The Bertz CT molecular complexity index is 677. The Hall–Kier alpha value is -2.38. The number of amides is 1. The van der Waals surface area contributed by atoms with Crippen LogP contribution in [0.3, 0.4) is 0 Å².